The summed E-state index contributed by atoms with van der Waals surface area (Å²) in [4.78, 5) is 17.6. The van der Waals surface area contributed by atoms with E-state index in [4.69, 9.17) is 0 Å². The number of nitrogens with zero attached hydrogens (tertiary/aromatic N) is 2. The van der Waals surface area contributed by atoms with E-state index in [9.17, 15) is 23.1 Å². The molecule has 3 aromatic rings. The van der Waals surface area contributed by atoms with Gasteiger partial charge in [-0.05, 0) is 24.6 Å². The molecule has 0 fully saturated rings. The second-order valence-electron chi connectivity index (χ2n) is 6.43. The summed E-state index contributed by atoms with van der Waals surface area (Å²) in [6, 6.07) is 13.9. The molecule has 0 unspecified atom stereocenters. The van der Waals surface area contributed by atoms with Crippen molar-refractivity contribution in [1.82, 2.24) is 9.55 Å². The quantitative estimate of drug-likeness (QED) is 0.723. The molecule has 2 aromatic carbocycles. The second-order valence-corrected chi connectivity index (χ2v) is 6.43. The van der Waals surface area contributed by atoms with Crippen LogP contribution >= 0.6 is 0 Å². The highest BCUT2D eigenvalue weighted by Crippen LogP contribution is 2.30. The van der Waals surface area contributed by atoms with E-state index in [0.717, 1.165) is 12.1 Å². The fourth-order valence-electron chi connectivity index (χ4n) is 3.08. The van der Waals surface area contributed by atoms with Crippen LogP contribution in [-0.4, -0.2) is 21.3 Å². The first-order valence-electron chi connectivity index (χ1n) is 8.74. The van der Waals surface area contributed by atoms with Crippen molar-refractivity contribution in [2.45, 2.75) is 26.1 Å². The van der Waals surface area contributed by atoms with Gasteiger partial charge in [0.15, 0.2) is 0 Å². The molecule has 4 nitrogen and oxygen atoms in total. The first-order valence-corrected chi connectivity index (χ1v) is 8.74. The third-order valence-corrected chi connectivity index (χ3v) is 4.46. The summed E-state index contributed by atoms with van der Waals surface area (Å²) in [5, 5.41) is 9.26. The Morgan fingerprint density at radius 2 is 1.79 bits per heavy atom. The van der Waals surface area contributed by atoms with Crippen molar-refractivity contribution < 1.29 is 18.3 Å². The van der Waals surface area contributed by atoms with E-state index in [2.05, 4.69) is 4.98 Å². The molecule has 28 heavy (non-hydrogen) atoms. The second kappa shape index (κ2) is 7.98. The summed E-state index contributed by atoms with van der Waals surface area (Å²) in [6.07, 6.45) is -4.33. The van der Waals surface area contributed by atoms with Crippen LogP contribution in [0.5, 0.6) is 0 Å². The SMILES string of the molecule is Cc1nc(-c2ccccc2)n(Cc2cccc(C(F)(F)F)c2)c(=O)c1CCO. The van der Waals surface area contributed by atoms with Crippen molar-refractivity contribution in [3.8, 4) is 11.4 Å². The molecule has 0 spiro atoms. The summed E-state index contributed by atoms with van der Waals surface area (Å²) in [5.41, 5.74) is 0.750. The third-order valence-electron chi connectivity index (χ3n) is 4.46. The maximum absolute atomic E-state index is 13.0. The molecule has 7 heteroatoms. The number of aromatic nitrogens is 2. The van der Waals surface area contributed by atoms with Gasteiger partial charge < -0.3 is 5.11 Å². The Labute approximate surface area is 159 Å². The summed E-state index contributed by atoms with van der Waals surface area (Å²) in [6.45, 7) is 1.41. The minimum atomic E-state index is -4.46. The van der Waals surface area contributed by atoms with Crippen LogP contribution in [-0.2, 0) is 19.1 Å². The van der Waals surface area contributed by atoms with Crippen LogP contribution in [0.2, 0.25) is 0 Å². The minimum absolute atomic E-state index is 0.0569. The molecule has 0 radical (unpaired) electrons. The Morgan fingerprint density at radius 1 is 1.07 bits per heavy atom. The van der Waals surface area contributed by atoms with E-state index >= 15 is 0 Å². The number of halogens is 3. The molecule has 146 valence electrons. The number of aliphatic hydroxyl groups is 1. The van der Waals surface area contributed by atoms with E-state index in [1.807, 2.05) is 6.07 Å². The molecule has 0 bridgehead atoms. The maximum Gasteiger partial charge on any atom is 0.416 e. The number of alkyl halides is 3. The summed E-state index contributed by atoms with van der Waals surface area (Å²) in [5.74, 6) is 0.377. The predicted octanol–water partition coefficient (Wildman–Crippen LogP) is 3.82. The molecule has 3 rings (SSSR count). The largest absolute Gasteiger partial charge is 0.416 e. The Bertz CT molecular complexity index is 1030. The fourth-order valence-corrected chi connectivity index (χ4v) is 3.08. The molecular weight excluding hydrogens is 369 g/mol. The van der Waals surface area contributed by atoms with Crippen LogP contribution in [0.1, 0.15) is 22.4 Å². The first-order chi connectivity index (χ1) is 13.3. The summed E-state index contributed by atoms with van der Waals surface area (Å²) in [7, 11) is 0. The van der Waals surface area contributed by atoms with Crippen molar-refractivity contribution in [1.29, 1.82) is 0 Å². The Kier molecular flexibility index (Phi) is 5.65. The van der Waals surface area contributed by atoms with Crippen molar-refractivity contribution in [2.75, 3.05) is 6.61 Å². The van der Waals surface area contributed by atoms with Gasteiger partial charge in [0, 0.05) is 29.8 Å². The van der Waals surface area contributed by atoms with Gasteiger partial charge in [-0.15, -0.1) is 0 Å². The van der Waals surface area contributed by atoms with Gasteiger partial charge in [0.25, 0.3) is 5.56 Å². The van der Waals surface area contributed by atoms with Crippen LogP contribution in [0.15, 0.2) is 59.4 Å². The number of hydrogen-bond acceptors (Lipinski definition) is 3. The van der Waals surface area contributed by atoms with E-state index < -0.39 is 11.7 Å². The van der Waals surface area contributed by atoms with Crippen LogP contribution in [0, 0.1) is 6.92 Å². The van der Waals surface area contributed by atoms with Crippen molar-refractivity contribution in [3.05, 3.63) is 87.3 Å². The smallest absolute Gasteiger partial charge is 0.396 e. The van der Waals surface area contributed by atoms with E-state index in [-0.39, 0.29) is 25.1 Å². The van der Waals surface area contributed by atoms with Gasteiger partial charge in [-0.3, -0.25) is 9.36 Å². The normalized spacial score (nSPS) is 11.6. The standard InChI is InChI=1S/C21H19F3N2O2/c1-14-18(10-11-27)20(28)26(19(25-14)16-7-3-2-4-8-16)13-15-6-5-9-17(12-15)21(22,23)24/h2-9,12,27H,10-11,13H2,1H3. The van der Waals surface area contributed by atoms with Crippen molar-refractivity contribution >= 4 is 0 Å². The van der Waals surface area contributed by atoms with Gasteiger partial charge in [-0.25, -0.2) is 4.98 Å². The predicted molar refractivity (Wildman–Crippen MR) is 100 cm³/mol. The van der Waals surface area contributed by atoms with Crippen LogP contribution in [0.3, 0.4) is 0 Å². The number of hydrogen-bond donors (Lipinski definition) is 1. The number of benzene rings is 2. The molecule has 0 aliphatic rings. The van der Waals surface area contributed by atoms with Crippen LogP contribution in [0.25, 0.3) is 11.4 Å². The lowest BCUT2D eigenvalue weighted by Crippen LogP contribution is -2.29. The number of aliphatic hydroxyl groups excluding tert-OH is 1. The van der Waals surface area contributed by atoms with E-state index in [1.165, 1.54) is 10.6 Å². The maximum atomic E-state index is 13.0. The number of rotatable bonds is 5. The average molecular weight is 388 g/mol. The van der Waals surface area contributed by atoms with Crippen molar-refractivity contribution in [2.24, 2.45) is 0 Å². The van der Waals surface area contributed by atoms with Crippen molar-refractivity contribution in [3.63, 3.8) is 0 Å². The van der Waals surface area contributed by atoms with Gasteiger partial charge >= 0.3 is 6.18 Å². The summed E-state index contributed by atoms with van der Waals surface area (Å²) < 4.78 is 40.5. The first kappa shape index (κ1) is 19.8. The molecule has 0 aliphatic carbocycles. The number of aryl methyl sites for hydroxylation is 1. The lowest BCUT2D eigenvalue weighted by Gasteiger charge is -2.16. The lowest BCUT2D eigenvalue weighted by molar-refractivity contribution is -0.137. The molecule has 0 amide bonds. The third kappa shape index (κ3) is 4.14. The molecule has 0 saturated carbocycles. The zero-order chi connectivity index (χ0) is 20.3. The van der Waals surface area contributed by atoms with E-state index in [1.54, 1.807) is 37.3 Å². The zero-order valence-corrected chi connectivity index (χ0v) is 15.2. The minimum Gasteiger partial charge on any atom is -0.396 e. The molecule has 0 atom stereocenters. The van der Waals surface area contributed by atoms with Gasteiger partial charge in [-0.2, -0.15) is 13.2 Å². The molecule has 1 aromatic heterocycles. The Balaban J connectivity index is 2.16. The molecule has 1 N–H and O–H groups in total. The zero-order valence-electron chi connectivity index (χ0n) is 15.2. The Morgan fingerprint density at radius 3 is 2.43 bits per heavy atom. The summed E-state index contributed by atoms with van der Waals surface area (Å²) >= 11 is 0. The average Bonchev–Trinajstić information content (AvgIpc) is 2.67. The van der Waals surface area contributed by atoms with Crippen LogP contribution < -0.4 is 5.56 Å². The fraction of sp³-hybridized carbons (Fsp3) is 0.238. The molecular formula is C21H19F3N2O2. The Hall–Kier alpha value is -2.93. The van der Waals surface area contributed by atoms with Gasteiger partial charge in [0.2, 0.25) is 0 Å². The topological polar surface area (TPSA) is 55.1 Å². The molecule has 1 heterocycles. The molecule has 0 saturated heterocycles. The monoisotopic (exact) mass is 388 g/mol. The van der Waals surface area contributed by atoms with Gasteiger partial charge in [0.05, 0.1) is 12.1 Å². The highest BCUT2D eigenvalue weighted by Gasteiger charge is 2.30. The van der Waals surface area contributed by atoms with E-state index in [0.29, 0.717) is 28.2 Å². The molecule has 0 aliphatic heterocycles. The highest BCUT2D eigenvalue weighted by molar-refractivity contribution is 5.56. The highest BCUT2D eigenvalue weighted by atomic mass is 19.4. The van der Waals surface area contributed by atoms with Gasteiger partial charge in [0.1, 0.15) is 5.82 Å². The van der Waals surface area contributed by atoms with Gasteiger partial charge in [-0.1, -0.05) is 42.5 Å². The lowest BCUT2D eigenvalue weighted by atomic mass is 10.1. The van der Waals surface area contributed by atoms with Crippen LogP contribution in [0.4, 0.5) is 13.2 Å².